The number of ether oxygens (including phenoxy) is 2. The molecule has 22 heavy (non-hydrogen) atoms. The summed E-state index contributed by atoms with van der Waals surface area (Å²) in [5, 5.41) is 9.37. The molecule has 0 aliphatic carbocycles. The third-order valence-corrected chi connectivity index (χ3v) is 3.53. The van der Waals surface area contributed by atoms with Crippen LogP contribution in [0.25, 0.3) is 0 Å². The minimum Gasteiger partial charge on any atom is -0.493 e. The van der Waals surface area contributed by atoms with E-state index in [1.54, 1.807) is 12.1 Å². The van der Waals surface area contributed by atoms with E-state index in [0.29, 0.717) is 22.7 Å². The number of carbonyl (C=O) groups excluding carboxylic acids is 2. The number of amides is 1. The molecule has 6 nitrogen and oxygen atoms in total. The zero-order chi connectivity index (χ0) is 16.4. The summed E-state index contributed by atoms with van der Waals surface area (Å²) in [4.78, 5) is 25.6. The first-order valence-electron chi connectivity index (χ1n) is 7.18. The minimum absolute atomic E-state index is 0.0313. The van der Waals surface area contributed by atoms with Crippen LogP contribution in [-0.4, -0.2) is 36.6 Å². The second kappa shape index (κ2) is 6.36. The van der Waals surface area contributed by atoms with Crippen molar-refractivity contribution in [2.75, 3.05) is 18.6 Å². The maximum atomic E-state index is 12.6. The number of rotatable bonds is 5. The summed E-state index contributed by atoms with van der Waals surface area (Å²) in [5.74, 6) is 0.441. The Morgan fingerprint density at radius 2 is 2.14 bits per heavy atom. The van der Waals surface area contributed by atoms with Gasteiger partial charge in [0.1, 0.15) is 5.78 Å². The molecule has 0 radical (unpaired) electrons. The highest BCUT2D eigenvalue weighted by atomic mass is 16.5. The second-order valence-corrected chi connectivity index (χ2v) is 5.71. The van der Waals surface area contributed by atoms with Gasteiger partial charge in [-0.15, -0.1) is 0 Å². The molecule has 2 rings (SSSR count). The molecule has 1 aromatic carbocycles. The molecule has 1 amide bonds. The molecule has 0 aromatic heterocycles. The Morgan fingerprint density at radius 3 is 2.64 bits per heavy atom. The van der Waals surface area contributed by atoms with Crippen LogP contribution in [0.2, 0.25) is 0 Å². The first-order valence-corrected chi connectivity index (χ1v) is 7.18. The number of nitrogens with zero attached hydrogens (tertiary/aromatic N) is 1. The zero-order valence-corrected chi connectivity index (χ0v) is 13.3. The lowest BCUT2D eigenvalue weighted by Crippen LogP contribution is -2.50. The Bertz CT molecular complexity index is 596. The largest absolute Gasteiger partial charge is 0.493 e. The number of fused-ring (bicyclic) bond motifs is 1. The highest BCUT2D eigenvalue weighted by Crippen LogP contribution is 2.43. The van der Waals surface area contributed by atoms with Gasteiger partial charge in [-0.2, -0.15) is 0 Å². The maximum Gasteiger partial charge on any atom is 0.268 e. The molecular weight excluding hydrogens is 286 g/mol. The van der Waals surface area contributed by atoms with E-state index in [0.717, 1.165) is 0 Å². The molecule has 6 heteroatoms. The van der Waals surface area contributed by atoms with E-state index in [1.165, 1.54) is 18.9 Å². The minimum atomic E-state index is -0.666. The Kier molecular flexibility index (Phi) is 4.71. The highest BCUT2D eigenvalue weighted by Gasteiger charge is 2.38. The summed E-state index contributed by atoms with van der Waals surface area (Å²) in [7, 11) is 1.50. The van der Waals surface area contributed by atoms with Gasteiger partial charge in [-0.1, -0.05) is 13.8 Å². The van der Waals surface area contributed by atoms with Gasteiger partial charge < -0.3 is 14.6 Å². The number of Topliss-reactive ketones (excluding diaryl/α,β-unsaturated/α-hetero) is 1. The molecule has 0 spiro atoms. The van der Waals surface area contributed by atoms with Gasteiger partial charge >= 0.3 is 0 Å². The van der Waals surface area contributed by atoms with Gasteiger partial charge in [0.25, 0.3) is 5.91 Å². The molecule has 1 N–H and O–H groups in total. The topological polar surface area (TPSA) is 76.1 Å². The number of anilines is 1. The molecule has 1 aliphatic heterocycles. The van der Waals surface area contributed by atoms with Crippen molar-refractivity contribution in [3.05, 3.63) is 17.7 Å². The van der Waals surface area contributed by atoms with E-state index in [1.807, 2.05) is 13.8 Å². The molecular formula is C16H21NO5. The fraction of sp³-hybridized carbons (Fsp3) is 0.500. The van der Waals surface area contributed by atoms with E-state index in [2.05, 4.69) is 0 Å². The van der Waals surface area contributed by atoms with Crippen molar-refractivity contribution < 1.29 is 24.2 Å². The van der Waals surface area contributed by atoms with Crippen LogP contribution in [0.3, 0.4) is 0 Å². The predicted molar refractivity (Wildman–Crippen MR) is 81.2 cm³/mol. The smallest absolute Gasteiger partial charge is 0.268 e. The molecule has 0 fully saturated rings. The summed E-state index contributed by atoms with van der Waals surface area (Å²) in [6.07, 6.45) is -0.666. The van der Waals surface area contributed by atoms with Crippen LogP contribution in [0.5, 0.6) is 11.5 Å². The number of aliphatic hydroxyl groups is 1. The Balaban J connectivity index is 2.60. The summed E-state index contributed by atoms with van der Waals surface area (Å²) >= 11 is 0. The summed E-state index contributed by atoms with van der Waals surface area (Å²) in [5.41, 5.74) is 1.05. The van der Waals surface area contributed by atoms with Gasteiger partial charge in [0.05, 0.1) is 25.9 Å². The van der Waals surface area contributed by atoms with E-state index in [-0.39, 0.29) is 30.8 Å². The Hall–Kier alpha value is -2.08. The van der Waals surface area contributed by atoms with Gasteiger partial charge in [-0.25, -0.2) is 0 Å². The third-order valence-electron chi connectivity index (χ3n) is 3.53. The molecule has 1 aliphatic rings. The summed E-state index contributed by atoms with van der Waals surface area (Å²) < 4.78 is 11.1. The SMILES string of the molecule is COc1cc(CO)cc2c1OC(C(C)C)C(=O)N2CC(C)=O. The van der Waals surface area contributed by atoms with Gasteiger partial charge in [0.2, 0.25) is 0 Å². The van der Waals surface area contributed by atoms with Crippen LogP contribution < -0.4 is 14.4 Å². The number of methoxy groups -OCH3 is 1. The molecule has 0 bridgehead atoms. The molecule has 0 saturated carbocycles. The Morgan fingerprint density at radius 1 is 1.45 bits per heavy atom. The number of hydrogen-bond acceptors (Lipinski definition) is 5. The van der Waals surface area contributed by atoms with Crippen molar-refractivity contribution in [1.82, 2.24) is 0 Å². The van der Waals surface area contributed by atoms with Crippen LogP contribution >= 0.6 is 0 Å². The van der Waals surface area contributed by atoms with Gasteiger partial charge in [-0.05, 0) is 30.5 Å². The predicted octanol–water partition coefficient (Wildman–Crippen LogP) is 1.53. The van der Waals surface area contributed by atoms with Crippen molar-refractivity contribution in [2.24, 2.45) is 5.92 Å². The molecule has 120 valence electrons. The number of hydrogen-bond donors (Lipinski definition) is 1. The van der Waals surface area contributed by atoms with Crippen molar-refractivity contribution >= 4 is 17.4 Å². The Labute approximate surface area is 129 Å². The normalized spacial score (nSPS) is 17.3. The number of carbonyl (C=O) groups is 2. The lowest BCUT2D eigenvalue weighted by atomic mass is 10.0. The van der Waals surface area contributed by atoms with Gasteiger partial charge in [-0.3, -0.25) is 14.5 Å². The number of benzene rings is 1. The molecule has 0 saturated heterocycles. The molecule has 1 unspecified atom stereocenters. The summed E-state index contributed by atoms with van der Waals surface area (Å²) in [6.45, 7) is 4.97. The van der Waals surface area contributed by atoms with E-state index < -0.39 is 6.10 Å². The first kappa shape index (κ1) is 16.3. The average molecular weight is 307 g/mol. The number of aliphatic hydroxyl groups excluding tert-OH is 1. The third kappa shape index (κ3) is 2.92. The van der Waals surface area contributed by atoms with Crippen LogP contribution in [-0.2, 0) is 16.2 Å². The van der Waals surface area contributed by atoms with Crippen LogP contribution in [0.4, 0.5) is 5.69 Å². The second-order valence-electron chi connectivity index (χ2n) is 5.71. The van der Waals surface area contributed by atoms with Crippen molar-refractivity contribution in [3.8, 4) is 11.5 Å². The monoisotopic (exact) mass is 307 g/mol. The zero-order valence-electron chi connectivity index (χ0n) is 13.3. The molecule has 1 atom stereocenters. The van der Waals surface area contributed by atoms with Gasteiger partial charge in [0, 0.05) is 0 Å². The summed E-state index contributed by atoms with van der Waals surface area (Å²) in [6, 6.07) is 3.31. The fourth-order valence-electron chi connectivity index (χ4n) is 2.46. The number of ketones is 1. The average Bonchev–Trinajstić information content (AvgIpc) is 2.47. The van der Waals surface area contributed by atoms with E-state index in [4.69, 9.17) is 9.47 Å². The lowest BCUT2D eigenvalue weighted by molar-refractivity contribution is -0.129. The highest BCUT2D eigenvalue weighted by molar-refractivity contribution is 6.04. The first-order chi connectivity index (χ1) is 10.4. The van der Waals surface area contributed by atoms with E-state index in [9.17, 15) is 14.7 Å². The van der Waals surface area contributed by atoms with Crippen LogP contribution in [0.1, 0.15) is 26.3 Å². The quantitative estimate of drug-likeness (QED) is 0.892. The van der Waals surface area contributed by atoms with Gasteiger partial charge in [0.15, 0.2) is 17.6 Å². The fourth-order valence-corrected chi connectivity index (χ4v) is 2.46. The van der Waals surface area contributed by atoms with Crippen molar-refractivity contribution in [2.45, 2.75) is 33.5 Å². The van der Waals surface area contributed by atoms with Crippen molar-refractivity contribution in [1.29, 1.82) is 0 Å². The standard InChI is InChI=1S/C16H21NO5/c1-9(2)14-16(20)17(7-10(3)19)12-5-11(8-18)6-13(21-4)15(12)22-14/h5-6,9,14,18H,7-8H2,1-4H3. The van der Waals surface area contributed by atoms with Crippen LogP contribution in [0, 0.1) is 5.92 Å². The van der Waals surface area contributed by atoms with Crippen LogP contribution in [0.15, 0.2) is 12.1 Å². The molecule has 1 aromatic rings. The van der Waals surface area contributed by atoms with Crippen molar-refractivity contribution in [3.63, 3.8) is 0 Å². The molecule has 1 heterocycles. The van der Waals surface area contributed by atoms with E-state index >= 15 is 0 Å². The lowest BCUT2D eigenvalue weighted by Gasteiger charge is -2.36. The maximum absolute atomic E-state index is 12.6.